The van der Waals surface area contributed by atoms with Gasteiger partial charge in [-0.2, -0.15) is 0 Å². The normalized spacial score (nSPS) is 25.1. The van der Waals surface area contributed by atoms with E-state index in [4.69, 9.17) is 4.43 Å². The molecular formula is C21H38O5Si. The number of hydrogen-bond acceptors (Lipinski definition) is 4. The molecule has 0 heterocycles. The number of carbonyl (C=O) groups excluding carboxylic acids is 1. The molecule has 1 aliphatic rings. The molecule has 0 aromatic carbocycles. The fraction of sp³-hybridized carbons (Fsp3) is 0.810. The van der Waals surface area contributed by atoms with E-state index in [-0.39, 0.29) is 22.8 Å². The molecule has 2 N–H and O–H groups in total. The number of hydrogen-bond donors (Lipinski definition) is 2. The monoisotopic (exact) mass is 398 g/mol. The second-order valence-corrected chi connectivity index (χ2v) is 14.1. The topological polar surface area (TPSA) is 83.8 Å². The molecule has 1 fully saturated rings. The van der Waals surface area contributed by atoms with Gasteiger partial charge in [-0.1, -0.05) is 46.6 Å². The number of unbranched alkanes of at least 4 members (excludes halogenated alkanes) is 2. The summed E-state index contributed by atoms with van der Waals surface area (Å²) >= 11 is 0. The third-order valence-electron chi connectivity index (χ3n) is 6.15. The zero-order valence-corrected chi connectivity index (χ0v) is 18.8. The molecule has 27 heavy (non-hydrogen) atoms. The van der Waals surface area contributed by atoms with Crippen molar-refractivity contribution in [2.45, 2.75) is 96.6 Å². The van der Waals surface area contributed by atoms with Crippen LogP contribution in [0.3, 0.4) is 0 Å². The number of ketones is 1. The summed E-state index contributed by atoms with van der Waals surface area (Å²) in [6.45, 7) is 12.9. The lowest BCUT2D eigenvalue weighted by Crippen LogP contribution is -2.45. The maximum atomic E-state index is 12.1. The predicted octanol–water partition coefficient (Wildman–Crippen LogP) is 4.55. The van der Waals surface area contributed by atoms with Crippen LogP contribution in [0.5, 0.6) is 0 Å². The summed E-state index contributed by atoms with van der Waals surface area (Å²) in [5, 5.41) is 19.4. The van der Waals surface area contributed by atoms with Crippen LogP contribution in [0.1, 0.15) is 66.2 Å². The SMILES string of the molecule is CCCCCC(=O)C=C[C@@H]1C(O[Si](C)(C)C(C)(C)C)CC[C@H]1C(O)C(=O)O. The van der Waals surface area contributed by atoms with Crippen molar-refractivity contribution in [2.75, 3.05) is 0 Å². The van der Waals surface area contributed by atoms with Gasteiger partial charge < -0.3 is 14.6 Å². The average molecular weight is 399 g/mol. The summed E-state index contributed by atoms with van der Waals surface area (Å²) in [5.41, 5.74) is 0. The maximum absolute atomic E-state index is 12.1. The van der Waals surface area contributed by atoms with Gasteiger partial charge in [0.05, 0.1) is 6.10 Å². The Kier molecular flexibility index (Phi) is 8.90. The van der Waals surface area contributed by atoms with Gasteiger partial charge in [-0.05, 0) is 43.5 Å². The minimum absolute atomic E-state index is 0.0424. The van der Waals surface area contributed by atoms with E-state index in [0.717, 1.165) is 19.3 Å². The van der Waals surface area contributed by atoms with E-state index in [1.165, 1.54) is 0 Å². The van der Waals surface area contributed by atoms with Crippen molar-refractivity contribution < 1.29 is 24.2 Å². The van der Waals surface area contributed by atoms with Gasteiger partial charge in [0.15, 0.2) is 20.2 Å². The molecule has 0 aromatic rings. The molecule has 0 saturated heterocycles. The van der Waals surface area contributed by atoms with Crippen molar-refractivity contribution in [1.29, 1.82) is 0 Å². The zero-order chi connectivity index (χ0) is 20.8. The lowest BCUT2D eigenvalue weighted by atomic mass is 9.89. The van der Waals surface area contributed by atoms with Crippen LogP contribution in [-0.2, 0) is 14.0 Å². The molecule has 5 nitrogen and oxygen atoms in total. The van der Waals surface area contributed by atoms with E-state index in [2.05, 4.69) is 40.8 Å². The number of aliphatic hydroxyl groups excluding tert-OH is 1. The molecule has 1 rings (SSSR count). The molecular weight excluding hydrogens is 360 g/mol. The second-order valence-electron chi connectivity index (χ2n) is 9.30. The predicted molar refractivity (Wildman–Crippen MR) is 110 cm³/mol. The first-order valence-electron chi connectivity index (χ1n) is 10.2. The highest BCUT2D eigenvalue weighted by Gasteiger charge is 2.46. The fourth-order valence-corrected chi connectivity index (χ4v) is 4.76. The molecule has 1 saturated carbocycles. The summed E-state index contributed by atoms with van der Waals surface area (Å²) in [6, 6.07) is 0. The molecule has 0 radical (unpaired) electrons. The van der Waals surface area contributed by atoms with Crippen LogP contribution in [-0.4, -0.2) is 42.5 Å². The van der Waals surface area contributed by atoms with E-state index in [0.29, 0.717) is 19.3 Å². The van der Waals surface area contributed by atoms with Gasteiger partial charge in [0.2, 0.25) is 0 Å². The van der Waals surface area contributed by atoms with Crippen molar-refractivity contribution in [3.05, 3.63) is 12.2 Å². The molecule has 0 amide bonds. The number of carbonyl (C=O) groups is 2. The van der Waals surface area contributed by atoms with E-state index in [1.54, 1.807) is 12.2 Å². The van der Waals surface area contributed by atoms with Gasteiger partial charge in [-0.25, -0.2) is 4.79 Å². The number of aliphatic carboxylic acids is 1. The summed E-state index contributed by atoms with van der Waals surface area (Å²) in [6.07, 6.45) is 6.58. The first-order valence-corrected chi connectivity index (χ1v) is 13.1. The molecule has 156 valence electrons. The van der Waals surface area contributed by atoms with Gasteiger partial charge in [0.25, 0.3) is 0 Å². The highest BCUT2D eigenvalue weighted by molar-refractivity contribution is 6.74. The summed E-state index contributed by atoms with van der Waals surface area (Å²) < 4.78 is 6.54. The smallest absolute Gasteiger partial charge is 0.332 e. The second kappa shape index (κ2) is 9.98. The van der Waals surface area contributed by atoms with Gasteiger partial charge in [0.1, 0.15) is 0 Å². The van der Waals surface area contributed by atoms with Crippen LogP contribution in [0.25, 0.3) is 0 Å². The lowest BCUT2D eigenvalue weighted by Gasteiger charge is -2.40. The Morgan fingerprint density at radius 2 is 1.85 bits per heavy atom. The molecule has 1 aliphatic carbocycles. The lowest BCUT2D eigenvalue weighted by molar-refractivity contribution is -0.150. The highest BCUT2D eigenvalue weighted by atomic mass is 28.4. The number of aliphatic hydroxyl groups is 1. The quantitative estimate of drug-likeness (QED) is 0.320. The van der Waals surface area contributed by atoms with Gasteiger partial charge >= 0.3 is 5.97 Å². The van der Waals surface area contributed by atoms with Gasteiger partial charge in [-0.15, -0.1) is 0 Å². The first kappa shape index (κ1) is 24.1. The van der Waals surface area contributed by atoms with Crippen molar-refractivity contribution in [3.63, 3.8) is 0 Å². The molecule has 0 bridgehead atoms. The summed E-state index contributed by atoms with van der Waals surface area (Å²) in [7, 11) is -2.03. The Morgan fingerprint density at radius 1 is 1.22 bits per heavy atom. The minimum Gasteiger partial charge on any atom is -0.479 e. The van der Waals surface area contributed by atoms with Crippen molar-refractivity contribution in [1.82, 2.24) is 0 Å². The van der Waals surface area contributed by atoms with Crippen LogP contribution in [0.15, 0.2) is 12.2 Å². The van der Waals surface area contributed by atoms with Crippen molar-refractivity contribution in [2.24, 2.45) is 11.8 Å². The Bertz CT molecular complexity index is 535. The number of rotatable bonds is 10. The molecule has 0 aromatic heterocycles. The van der Waals surface area contributed by atoms with Crippen LogP contribution in [0.4, 0.5) is 0 Å². The number of allylic oxidation sites excluding steroid dienone is 1. The molecule has 0 spiro atoms. The standard InChI is InChI=1S/C21H38O5Si/c1-7-8-9-10-15(22)11-12-16-17(19(23)20(24)25)13-14-18(16)26-27(5,6)21(2,3)4/h11-12,16-19,23H,7-10,13-14H2,1-6H3,(H,24,25)/t16-,17+,18?,19?/m0/s1. The Labute approximate surface area is 165 Å². The summed E-state index contributed by atoms with van der Waals surface area (Å²) in [4.78, 5) is 23.5. The number of carboxylic acids is 1. The van der Waals surface area contributed by atoms with Gasteiger partial charge in [-0.3, -0.25) is 4.79 Å². The molecule has 2 unspecified atom stereocenters. The van der Waals surface area contributed by atoms with Crippen LogP contribution in [0.2, 0.25) is 18.1 Å². The van der Waals surface area contributed by atoms with E-state index >= 15 is 0 Å². The van der Waals surface area contributed by atoms with Crippen LogP contribution >= 0.6 is 0 Å². The van der Waals surface area contributed by atoms with Crippen molar-refractivity contribution in [3.8, 4) is 0 Å². The Hall–Kier alpha value is -0.983. The van der Waals surface area contributed by atoms with E-state index in [9.17, 15) is 19.8 Å². The first-order chi connectivity index (χ1) is 12.4. The molecule has 0 aliphatic heterocycles. The molecule has 4 atom stereocenters. The third kappa shape index (κ3) is 6.84. The largest absolute Gasteiger partial charge is 0.479 e. The highest BCUT2D eigenvalue weighted by Crippen LogP contribution is 2.43. The summed E-state index contributed by atoms with van der Waals surface area (Å²) in [5.74, 6) is -1.82. The molecule has 6 heteroatoms. The van der Waals surface area contributed by atoms with E-state index in [1.807, 2.05) is 0 Å². The van der Waals surface area contributed by atoms with Crippen LogP contribution in [0, 0.1) is 11.8 Å². The minimum atomic E-state index is -2.03. The Morgan fingerprint density at radius 3 is 2.37 bits per heavy atom. The fourth-order valence-electron chi connectivity index (χ4n) is 3.38. The van der Waals surface area contributed by atoms with Crippen molar-refractivity contribution >= 4 is 20.1 Å². The Balaban J connectivity index is 2.95. The average Bonchev–Trinajstić information content (AvgIpc) is 2.93. The maximum Gasteiger partial charge on any atom is 0.332 e. The van der Waals surface area contributed by atoms with Crippen LogP contribution < -0.4 is 0 Å². The third-order valence-corrected chi connectivity index (χ3v) is 10.7. The zero-order valence-electron chi connectivity index (χ0n) is 17.8. The van der Waals surface area contributed by atoms with E-state index < -0.39 is 26.3 Å². The number of carboxylic acid groups (broad SMARTS) is 1. The van der Waals surface area contributed by atoms with Gasteiger partial charge in [0, 0.05) is 18.3 Å².